The Morgan fingerprint density at radius 2 is 1.93 bits per heavy atom. The van der Waals surface area contributed by atoms with Crippen molar-refractivity contribution in [2.75, 3.05) is 25.0 Å². The maximum Gasteiger partial charge on any atom is 0.321 e. The van der Waals surface area contributed by atoms with Crippen LogP contribution in [0.5, 0.6) is 0 Å². The Hall–Kier alpha value is -1.91. The SMILES string of the molecule is C=C/C(Cl)=C(\C(Cl)=C/C)N1CC2CCC1CN(C(=O)Nc1ccccc1)C2. The van der Waals surface area contributed by atoms with Gasteiger partial charge in [-0.05, 0) is 43.9 Å². The summed E-state index contributed by atoms with van der Waals surface area (Å²) >= 11 is 12.9. The van der Waals surface area contributed by atoms with Gasteiger partial charge in [0.2, 0.25) is 0 Å². The molecule has 3 heterocycles. The maximum absolute atomic E-state index is 12.8. The van der Waals surface area contributed by atoms with Crippen LogP contribution in [0.1, 0.15) is 19.8 Å². The zero-order chi connectivity index (χ0) is 19.4. The van der Waals surface area contributed by atoms with Crippen molar-refractivity contribution >= 4 is 34.9 Å². The lowest BCUT2D eigenvalue weighted by atomic mass is 9.94. The highest BCUT2D eigenvalue weighted by Gasteiger charge is 2.38. The van der Waals surface area contributed by atoms with Crippen molar-refractivity contribution in [3.8, 4) is 0 Å². The number of para-hydroxylation sites is 1. The van der Waals surface area contributed by atoms with Gasteiger partial charge in [-0.3, -0.25) is 0 Å². The number of carbonyl (C=O) groups is 1. The van der Waals surface area contributed by atoms with Gasteiger partial charge in [0, 0.05) is 31.4 Å². The number of anilines is 1. The number of nitrogens with one attached hydrogen (secondary N) is 1. The highest BCUT2D eigenvalue weighted by atomic mass is 35.5. The molecule has 4 rings (SSSR count). The van der Waals surface area contributed by atoms with Crippen LogP contribution in [0.4, 0.5) is 10.5 Å². The van der Waals surface area contributed by atoms with Crippen LogP contribution in [-0.2, 0) is 0 Å². The van der Waals surface area contributed by atoms with Gasteiger partial charge in [-0.15, -0.1) is 0 Å². The van der Waals surface area contributed by atoms with E-state index in [-0.39, 0.29) is 12.1 Å². The zero-order valence-electron chi connectivity index (χ0n) is 15.5. The second-order valence-corrected chi connectivity index (χ2v) is 7.80. The lowest BCUT2D eigenvalue weighted by Gasteiger charge is -2.39. The standard InChI is InChI=1S/C21H25Cl2N3O/c1-3-18(22)20(19(23)4-2)26-13-15-10-11-17(26)14-25(12-15)21(27)24-16-8-6-5-7-9-16/h3-9,15,17H,1,10-14H2,2H3,(H,24,27)/b19-4+,20-18-. The minimum absolute atomic E-state index is 0.0579. The molecule has 1 aromatic rings. The lowest BCUT2D eigenvalue weighted by Crippen LogP contribution is -2.44. The number of nitrogens with zero attached hydrogens (tertiary/aromatic N) is 2. The van der Waals surface area contributed by atoms with Crippen LogP contribution in [0.25, 0.3) is 0 Å². The second-order valence-electron chi connectivity index (χ2n) is 6.99. The van der Waals surface area contributed by atoms with Crippen LogP contribution in [0.15, 0.2) is 64.8 Å². The molecule has 6 heteroatoms. The molecular weight excluding hydrogens is 381 g/mol. The van der Waals surface area contributed by atoms with Crippen molar-refractivity contribution in [1.29, 1.82) is 0 Å². The first kappa shape index (κ1) is 19.8. The van der Waals surface area contributed by atoms with Gasteiger partial charge in [0.15, 0.2) is 0 Å². The smallest absolute Gasteiger partial charge is 0.321 e. The molecule has 0 aliphatic carbocycles. The molecule has 2 unspecified atom stereocenters. The average molecular weight is 406 g/mol. The zero-order valence-corrected chi connectivity index (χ0v) is 17.0. The third-order valence-electron chi connectivity index (χ3n) is 5.20. The third kappa shape index (κ3) is 4.50. The van der Waals surface area contributed by atoms with Crippen LogP contribution >= 0.6 is 23.2 Å². The molecule has 0 saturated carbocycles. The molecule has 3 aliphatic rings. The predicted octanol–water partition coefficient (Wildman–Crippen LogP) is 5.39. The Bertz CT molecular complexity index is 760. The Kier molecular flexibility index (Phi) is 6.51. The number of allylic oxidation sites excluding steroid dienone is 4. The second kappa shape index (κ2) is 8.85. The highest BCUT2D eigenvalue weighted by molar-refractivity contribution is 6.36. The number of halogens is 2. The van der Waals surface area contributed by atoms with Crippen molar-refractivity contribution in [1.82, 2.24) is 9.80 Å². The number of benzene rings is 1. The van der Waals surface area contributed by atoms with E-state index in [4.69, 9.17) is 23.2 Å². The molecule has 2 amide bonds. The van der Waals surface area contributed by atoms with Crippen LogP contribution in [0.2, 0.25) is 0 Å². The van der Waals surface area contributed by atoms with E-state index in [1.807, 2.05) is 48.2 Å². The van der Waals surface area contributed by atoms with E-state index in [9.17, 15) is 4.79 Å². The summed E-state index contributed by atoms with van der Waals surface area (Å²) < 4.78 is 0. The number of fused-ring (bicyclic) bond motifs is 4. The van der Waals surface area contributed by atoms with E-state index in [0.29, 0.717) is 22.5 Å². The van der Waals surface area contributed by atoms with E-state index in [1.54, 1.807) is 6.08 Å². The van der Waals surface area contributed by atoms with Gasteiger partial charge in [-0.1, -0.05) is 54.1 Å². The number of amides is 2. The first-order chi connectivity index (χ1) is 13.0. The average Bonchev–Trinajstić information content (AvgIpc) is 3.01. The molecule has 4 nitrogen and oxygen atoms in total. The fraction of sp³-hybridized carbons (Fsp3) is 0.381. The summed E-state index contributed by atoms with van der Waals surface area (Å²) in [5.41, 5.74) is 1.62. The summed E-state index contributed by atoms with van der Waals surface area (Å²) in [5, 5.41) is 4.16. The van der Waals surface area contributed by atoms with E-state index in [2.05, 4.69) is 16.8 Å². The monoisotopic (exact) mass is 405 g/mol. The van der Waals surface area contributed by atoms with Crippen LogP contribution in [0.3, 0.4) is 0 Å². The molecule has 1 aromatic carbocycles. The minimum atomic E-state index is -0.0579. The number of piperidine rings is 1. The molecule has 27 heavy (non-hydrogen) atoms. The molecule has 3 saturated heterocycles. The predicted molar refractivity (Wildman–Crippen MR) is 113 cm³/mol. The van der Waals surface area contributed by atoms with Crippen LogP contribution < -0.4 is 5.32 Å². The molecule has 0 spiro atoms. The van der Waals surface area contributed by atoms with Gasteiger partial charge in [0.1, 0.15) is 0 Å². The quantitative estimate of drug-likeness (QED) is 0.681. The molecule has 1 N–H and O–H groups in total. The topological polar surface area (TPSA) is 35.6 Å². The summed E-state index contributed by atoms with van der Waals surface area (Å²) in [6.07, 6.45) is 5.59. The number of carbonyl (C=O) groups excluding carboxylic acids is 1. The van der Waals surface area contributed by atoms with Gasteiger partial charge >= 0.3 is 6.03 Å². The van der Waals surface area contributed by atoms with Crippen molar-refractivity contribution in [2.45, 2.75) is 25.8 Å². The largest absolute Gasteiger partial charge is 0.364 e. The minimum Gasteiger partial charge on any atom is -0.364 e. The van der Waals surface area contributed by atoms with Gasteiger partial charge in [0.05, 0.1) is 15.8 Å². The Labute approximate surface area is 171 Å². The fourth-order valence-corrected chi connectivity index (χ4v) is 4.34. The molecule has 3 aliphatic heterocycles. The van der Waals surface area contributed by atoms with Crippen LogP contribution in [-0.4, -0.2) is 41.5 Å². The van der Waals surface area contributed by atoms with E-state index < -0.39 is 0 Å². The Morgan fingerprint density at radius 3 is 2.59 bits per heavy atom. The van der Waals surface area contributed by atoms with Gasteiger partial charge in [0.25, 0.3) is 0 Å². The van der Waals surface area contributed by atoms with Gasteiger partial charge in [-0.25, -0.2) is 4.79 Å². The first-order valence-corrected chi connectivity index (χ1v) is 10.0. The first-order valence-electron chi connectivity index (χ1n) is 9.25. The van der Waals surface area contributed by atoms with Gasteiger partial charge < -0.3 is 15.1 Å². The molecule has 3 fully saturated rings. The van der Waals surface area contributed by atoms with E-state index in [0.717, 1.165) is 37.3 Å². The molecular formula is C21H25Cl2N3O. The Morgan fingerprint density at radius 1 is 1.19 bits per heavy atom. The van der Waals surface area contributed by atoms with E-state index in [1.165, 1.54) is 0 Å². The summed E-state index contributed by atoms with van der Waals surface area (Å²) in [6, 6.07) is 9.68. The number of rotatable bonds is 4. The molecule has 2 atom stereocenters. The number of hydrogen-bond donors (Lipinski definition) is 1. The van der Waals surface area contributed by atoms with Crippen molar-refractivity contribution in [2.24, 2.45) is 5.92 Å². The fourth-order valence-electron chi connectivity index (χ4n) is 3.87. The van der Waals surface area contributed by atoms with Crippen molar-refractivity contribution in [3.63, 3.8) is 0 Å². The number of urea groups is 1. The molecule has 144 valence electrons. The molecule has 2 bridgehead atoms. The summed E-state index contributed by atoms with van der Waals surface area (Å²) in [7, 11) is 0. The van der Waals surface area contributed by atoms with E-state index >= 15 is 0 Å². The summed E-state index contributed by atoms with van der Waals surface area (Å²) in [5.74, 6) is 0.385. The highest BCUT2D eigenvalue weighted by Crippen LogP contribution is 2.36. The van der Waals surface area contributed by atoms with Crippen molar-refractivity contribution in [3.05, 3.63) is 64.8 Å². The Balaban J connectivity index is 1.80. The normalized spacial score (nSPS) is 23.6. The van der Waals surface area contributed by atoms with Crippen LogP contribution in [0, 0.1) is 5.92 Å². The van der Waals surface area contributed by atoms with Gasteiger partial charge in [-0.2, -0.15) is 0 Å². The summed E-state index contributed by atoms with van der Waals surface area (Å²) in [4.78, 5) is 17.0. The summed E-state index contributed by atoms with van der Waals surface area (Å²) in [6.45, 7) is 7.90. The number of hydrogen-bond acceptors (Lipinski definition) is 2. The maximum atomic E-state index is 12.8. The lowest BCUT2D eigenvalue weighted by molar-refractivity contribution is 0.177. The molecule has 0 radical (unpaired) electrons. The third-order valence-corrected chi connectivity index (χ3v) is 5.93. The van der Waals surface area contributed by atoms with Crippen molar-refractivity contribution < 1.29 is 4.79 Å². The molecule has 0 aromatic heterocycles.